The summed E-state index contributed by atoms with van der Waals surface area (Å²) in [5.74, 6) is -0.0754. The summed E-state index contributed by atoms with van der Waals surface area (Å²) >= 11 is 0. The summed E-state index contributed by atoms with van der Waals surface area (Å²) in [5.41, 5.74) is 2.01. The summed E-state index contributed by atoms with van der Waals surface area (Å²) in [7, 11) is 0. The molecule has 1 heterocycles. The highest BCUT2D eigenvalue weighted by atomic mass is 16.4. The quantitative estimate of drug-likeness (QED) is 0.749. The van der Waals surface area contributed by atoms with E-state index in [-0.39, 0.29) is 18.1 Å². The van der Waals surface area contributed by atoms with Crippen molar-refractivity contribution in [3.63, 3.8) is 0 Å². The molecule has 22 heavy (non-hydrogen) atoms. The Hall–Kier alpha value is -2.95. The summed E-state index contributed by atoms with van der Waals surface area (Å²) < 4.78 is 5.19. The zero-order valence-corrected chi connectivity index (χ0v) is 12.0. The number of anilines is 1. The Bertz CT molecular complexity index is 885. The minimum atomic E-state index is -0.586. The lowest BCUT2D eigenvalue weighted by Gasteiger charge is -2.05. The van der Waals surface area contributed by atoms with Crippen LogP contribution in [0.25, 0.3) is 11.1 Å². The molecule has 3 aromatic rings. The SMILES string of the molecule is Cc1ccc2oc(=O)c(NCC(=O)c3ccccc3)nc2c1. The molecule has 0 saturated heterocycles. The number of rotatable bonds is 4. The van der Waals surface area contributed by atoms with Gasteiger partial charge in [0, 0.05) is 5.56 Å². The van der Waals surface area contributed by atoms with Gasteiger partial charge < -0.3 is 9.73 Å². The van der Waals surface area contributed by atoms with Gasteiger partial charge in [-0.25, -0.2) is 9.78 Å². The topological polar surface area (TPSA) is 72.2 Å². The molecule has 0 aliphatic rings. The van der Waals surface area contributed by atoms with E-state index in [1.807, 2.05) is 25.1 Å². The van der Waals surface area contributed by atoms with Crippen LogP contribution in [-0.2, 0) is 0 Å². The zero-order chi connectivity index (χ0) is 15.5. The number of aromatic nitrogens is 1. The highest BCUT2D eigenvalue weighted by molar-refractivity contribution is 5.98. The number of aryl methyl sites for hydroxylation is 1. The third kappa shape index (κ3) is 2.88. The lowest BCUT2D eigenvalue weighted by molar-refractivity contribution is 0.101. The Balaban J connectivity index is 1.83. The minimum Gasteiger partial charge on any atom is -0.418 e. The first-order chi connectivity index (χ1) is 10.6. The van der Waals surface area contributed by atoms with Crippen LogP contribution < -0.4 is 10.9 Å². The van der Waals surface area contributed by atoms with Gasteiger partial charge in [0.15, 0.2) is 11.4 Å². The Morgan fingerprint density at radius 2 is 1.95 bits per heavy atom. The number of carbonyl (C=O) groups is 1. The highest BCUT2D eigenvalue weighted by Crippen LogP contribution is 2.13. The number of hydrogen-bond donors (Lipinski definition) is 1. The Morgan fingerprint density at radius 1 is 1.18 bits per heavy atom. The largest absolute Gasteiger partial charge is 0.418 e. The van der Waals surface area contributed by atoms with Crippen molar-refractivity contribution in [3.8, 4) is 0 Å². The average Bonchev–Trinajstić information content (AvgIpc) is 2.54. The second kappa shape index (κ2) is 5.81. The Morgan fingerprint density at radius 3 is 2.73 bits per heavy atom. The lowest BCUT2D eigenvalue weighted by Crippen LogP contribution is -2.19. The molecule has 0 spiro atoms. The maximum Gasteiger partial charge on any atom is 0.379 e. The number of hydrogen-bond acceptors (Lipinski definition) is 5. The maximum absolute atomic E-state index is 12.0. The summed E-state index contributed by atoms with van der Waals surface area (Å²) in [6.45, 7) is 1.91. The molecule has 2 aromatic carbocycles. The van der Waals surface area contributed by atoms with E-state index in [9.17, 15) is 9.59 Å². The monoisotopic (exact) mass is 294 g/mol. The highest BCUT2D eigenvalue weighted by Gasteiger charge is 2.10. The lowest BCUT2D eigenvalue weighted by atomic mass is 10.1. The maximum atomic E-state index is 12.0. The second-order valence-electron chi connectivity index (χ2n) is 4.96. The van der Waals surface area contributed by atoms with E-state index >= 15 is 0 Å². The smallest absolute Gasteiger partial charge is 0.379 e. The first kappa shape index (κ1) is 14.0. The first-order valence-electron chi connectivity index (χ1n) is 6.87. The third-order valence-electron chi connectivity index (χ3n) is 3.25. The van der Waals surface area contributed by atoms with Gasteiger partial charge in [0.1, 0.15) is 5.52 Å². The zero-order valence-electron chi connectivity index (χ0n) is 12.0. The van der Waals surface area contributed by atoms with Crippen LogP contribution in [0.3, 0.4) is 0 Å². The molecule has 0 aliphatic carbocycles. The molecule has 0 bridgehead atoms. The van der Waals surface area contributed by atoms with Gasteiger partial charge in [0.05, 0.1) is 6.54 Å². The molecule has 0 aliphatic heterocycles. The number of Topliss-reactive ketones (excluding diaryl/α,β-unsaturated/α-hetero) is 1. The molecule has 0 amide bonds. The first-order valence-corrected chi connectivity index (χ1v) is 6.87. The van der Waals surface area contributed by atoms with Crippen molar-refractivity contribution in [2.24, 2.45) is 0 Å². The molecule has 3 rings (SSSR count). The molecule has 1 N–H and O–H groups in total. The normalized spacial score (nSPS) is 10.6. The van der Waals surface area contributed by atoms with Crippen molar-refractivity contribution in [1.29, 1.82) is 0 Å². The molecule has 1 aromatic heterocycles. The van der Waals surface area contributed by atoms with Crippen LogP contribution >= 0.6 is 0 Å². The van der Waals surface area contributed by atoms with Crippen LogP contribution in [0.2, 0.25) is 0 Å². The van der Waals surface area contributed by atoms with Gasteiger partial charge in [-0.05, 0) is 24.6 Å². The van der Waals surface area contributed by atoms with Crippen molar-refractivity contribution in [2.75, 3.05) is 11.9 Å². The van der Waals surface area contributed by atoms with Gasteiger partial charge in [0.25, 0.3) is 0 Å². The predicted octanol–water partition coefficient (Wildman–Crippen LogP) is 2.79. The third-order valence-corrected chi connectivity index (χ3v) is 3.25. The van der Waals surface area contributed by atoms with Gasteiger partial charge in [-0.2, -0.15) is 0 Å². The Kier molecular flexibility index (Phi) is 3.70. The number of carbonyl (C=O) groups excluding carboxylic acids is 1. The molecular formula is C17H14N2O3. The van der Waals surface area contributed by atoms with Gasteiger partial charge in [-0.15, -0.1) is 0 Å². The molecule has 5 nitrogen and oxygen atoms in total. The molecule has 0 radical (unpaired) electrons. The van der Waals surface area contributed by atoms with Gasteiger partial charge in [0.2, 0.25) is 5.82 Å². The van der Waals surface area contributed by atoms with Crippen LogP contribution in [0.15, 0.2) is 57.7 Å². The second-order valence-corrected chi connectivity index (χ2v) is 4.96. The van der Waals surface area contributed by atoms with Crippen molar-refractivity contribution in [3.05, 3.63) is 70.1 Å². The van der Waals surface area contributed by atoms with Crippen molar-refractivity contribution in [1.82, 2.24) is 4.98 Å². The molecular weight excluding hydrogens is 280 g/mol. The summed E-state index contributed by atoms with van der Waals surface area (Å²) in [6.07, 6.45) is 0. The Labute approximate surface area is 126 Å². The number of benzene rings is 2. The van der Waals surface area contributed by atoms with E-state index in [0.29, 0.717) is 16.7 Å². The van der Waals surface area contributed by atoms with E-state index in [4.69, 9.17) is 4.42 Å². The number of nitrogens with zero attached hydrogens (tertiary/aromatic N) is 1. The number of nitrogens with one attached hydrogen (secondary N) is 1. The number of fused-ring (bicyclic) bond motifs is 1. The van der Waals surface area contributed by atoms with Crippen LogP contribution in [0.1, 0.15) is 15.9 Å². The van der Waals surface area contributed by atoms with E-state index in [1.165, 1.54) is 0 Å². The van der Waals surface area contributed by atoms with Crippen LogP contribution in [0.4, 0.5) is 5.82 Å². The molecule has 0 atom stereocenters. The fourth-order valence-electron chi connectivity index (χ4n) is 2.12. The van der Waals surface area contributed by atoms with Crippen LogP contribution in [0, 0.1) is 6.92 Å². The molecule has 5 heteroatoms. The van der Waals surface area contributed by atoms with E-state index in [0.717, 1.165) is 5.56 Å². The molecule has 110 valence electrons. The summed E-state index contributed by atoms with van der Waals surface area (Å²) in [6, 6.07) is 14.2. The molecule has 0 saturated carbocycles. The van der Waals surface area contributed by atoms with Crippen LogP contribution in [0.5, 0.6) is 0 Å². The fraction of sp³-hybridized carbons (Fsp3) is 0.118. The summed E-state index contributed by atoms with van der Waals surface area (Å²) in [5, 5.41) is 2.76. The predicted molar refractivity (Wildman–Crippen MR) is 84.3 cm³/mol. The van der Waals surface area contributed by atoms with E-state index < -0.39 is 5.63 Å². The van der Waals surface area contributed by atoms with Crippen LogP contribution in [-0.4, -0.2) is 17.3 Å². The van der Waals surface area contributed by atoms with E-state index in [1.54, 1.807) is 30.3 Å². The van der Waals surface area contributed by atoms with Crippen molar-refractivity contribution < 1.29 is 9.21 Å². The van der Waals surface area contributed by atoms with Crippen molar-refractivity contribution >= 4 is 22.7 Å². The van der Waals surface area contributed by atoms with Gasteiger partial charge in [-0.1, -0.05) is 36.4 Å². The standard InChI is InChI=1S/C17H14N2O3/c1-11-7-8-15-13(9-11)19-16(17(21)22-15)18-10-14(20)12-5-3-2-4-6-12/h2-9H,10H2,1H3,(H,18,19). The van der Waals surface area contributed by atoms with Crippen molar-refractivity contribution in [2.45, 2.75) is 6.92 Å². The molecule has 0 unspecified atom stereocenters. The average molecular weight is 294 g/mol. The van der Waals surface area contributed by atoms with Gasteiger partial charge in [-0.3, -0.25) is 4.79 Å². The number of ketones is 1. The van der Waals surface area contributed by atoms with E-state index in [2.05, 4.69) is 10.3 Å². The fourth-order valence-corrected chi connectivity index (χ4v) is 2.12. The van der Waals surface area contributed by atoms with Gasteiger partial charge >= 0.3 is 5.63 Å². The minimum absolute atomic E-state index is 0.0148. The summed E-state index contributed by atoms with van der Waals surface area (Å²) in [4.78, 5) is 28.1. The molecule has 0 fully saturated rings.